The van der Waals surface area contributed by atoms with Gasteiger partial charge in [-0.1, -0.05) is 60.7 Å². The van der Waals surface area contributed by atoms with Gasteiger partial charge in [-0.2, -0.15) is 0 Å². The number of hydrogen-bond donors (Lipinski definition) is 0. The molecule has 5 heteroatoms. The first-order chi connectivity index (χ1) is 14.2. The highest BCUT2D eigenvalue weighted by molar-refractivity contribution is 5.26. The second kappa shape index (κ2) is 8.17. The summed E-state index contributed by atoms with van der Waals surface area (Å²) in [4.78, 5) is 0. The van der Waals surface area contributed by atoms with Gasteiger partial charge in [0.1, 0.15) is 18.3 Å². The number of hydrogen-bond acceptors (Lipinski definition) is 5. The fraction of sp³-hybridized carbons (Fsp3) is 0.500. The predicted octanol–water partition coefficient (Wildman–Crippen LogP) is 3.88. The van der Waals surface area contributed by atoms with Gasteiger partial charge in [-0.3, -0.25) is 0 Å². The Bertz CT molecular complexity index is 797. The van der Waals surface area contributed by atoms with Crippen LogP contribution in [0.1, 0.15) is 30.4 Å². The maximum absolute atomic E-state index is 6.44. The zero-order chi connectivity index (χ0) is 19.8. The minimum absolute atomic E-state index is 0.142. The van der Waals surface area contributed by atoms with Crippen LogP contribution in [0.4, 0.5) is 0 Å². The van der Waals surface area contributed by atoms with Gasteiger partial charge in [-0.05, 0) is 30.4 Å². The van der Waals surface area contributed by atoms with E-state index in [-0.39, 0.29) is 30.7 Å². The smallest absolute Gasteiger partial charge is 0.186 e. The summed E-state index contributed by atoms with van der Waals surface area (Å²) in [5.41, 5.74) is 2.48. The second-order valence-electron chi connectivity index (χ2n) is 8.19. The molecule has 5 rings (SSSR count). The lowest BCUT2D eigenvalue weighted by Gasteiger charge is -2.40. The van der Waals surface area contributed by atoms with Crippen LogP contribution in [-0.2, 0) is 30.3 Å². The van der Waals surface area contributed by atoms with E-state index < -0.39 is 6.29 Å². The zero-order valence-corrected chi connectivity index (χ0v) is 16.8. The van der Waals surface area contributed by atoms with Crippen LogP contribution >= 0.6 is 0 Å². The summed E-state index contributed by atoms with van der Waals surface area (Å²) in [6, 6.07) is 20.8. The van der Waals surface area contributed by atoms with E-state index in [0.717, 1.165) is 12.0 Å². The molecule has 0 N–H and O–H groups in total. The minimum Gasteiger partial charge on any atom is -0.368 e. The average molecular weight is 396 g/mol. The molecule has 0 unspecified atom stereocenters. The van der Waals surface area contributed by atoms with E-state index >= 15 is 0 Å². The van der Waals surface area contributed by atoms with Crippen LogP contribution in [-0.4, -0.2) is 44.1 Å². The summed E-state index contributed by atoms with van der Waals surface area (Å²) in [6.07, 6.45) is -0.428. The van der Waals surface area contributed by atoms with Gasteiger partial charge in [-0.25, -0.2) is 0 Å². The summed E-state index contributed by atoms with van der Waals surface area (Å²) >= 11 is 0. The minimum atomic E-state index is -0.439. The van der Waals surface area contributed by atoms with Crippen molar-refractivity contribution in [2.45, 2.75) is 62.9 Å². The molecule has 3 fully saturated rings. The summed E-state index contributed by atoms with van der Waals surface area (Å²) in [5, 5.41) is 0. The van der Waals surface area contributed by atoms with Gasteiger partial charge in [0, 0.05) is 13.0 Å². The molecular weight excluding hydrogens is 368 g/mol. The van der Waals surface area contributed by atoms with E-state index in [1.807, 2.05) is 25.1 Å². The zero-order valence-electron chi connectivity index (χ0n) is 16.8. The van der Waals surface area contributed by atoms with Gasteiger partial charge in [0.25, 0.3) is 0 Å². The van der Waals surface area contributed by atoms with Crippen LogP contribution in [0.5, 0.6) is 0 Å². The summed E-state index contributed by atoms with van der Waals surface area (Å²) in [7, 11) is 1.65. The number of ether oxygens (including phenoxy) is 5. The van der Waals surface area contributed by atoms with E-state index in [2.05, 4.69) is 42.5 Å². The first-order valence-electron chi connectivity index (χ1n) is 10.4. The number of methoxy groups -OCH3 is 1. The van der Waals surface area contributed by atoms with Gasteiger partial charge < -0.3 is 23.7 Å². The molecule has 0 amide bonds. The predicted molar refractivity (Wildman–Crippen MR) is 107 cm³/mol. The van der Waals surface area contributed by atoms with Crippen LogP contribution < -0.4 is 0 Å². The van der Waals surface area contributed by atoms with Gasteiger partial charge in [0.05, 0.1) is 12.7 Å². The van der Waals surface area contributed by atoms with E-state index in [0.29, 0.717) is 18.4 Å². The quantitative estimate of drug-likeness (QED) is 0.742. The molecule has 2 aliphatic heterocycles. The van der Waals surface area contributed by atoms with Crippen molar-refractivity contribution in [2.75, 3.05) is 7.11 Å². The van der Waals surface area contributed by atoms with Crippen molar-refractivity contribution < 1.29 is 23.7 Å². The highest BCUT2D eigenvalue weighted by Gasteiger charge is 2.57. The third-order valence-corrected chi connectivity index (χ3v) is 6.24. The molecule has 2 saturated heterocycles. The highest BCUT2D eigenvalue weighted by Crippen LogP contribution is 2.53. The SMILES string of the molecule is CO[C@@H]1O[C@@H](C)[C@H](OCc2ccccc2)[C@H]2O[C@@H]([C@H]3C[C@@H]3c3ccccc3)O[C@@H]12. The molecule has 0 radical (unpaired) electrons. The van der Waals surface area contributed by atoms with Gasteiger partial charge in [0.15, 0.2) is 12.6 Å². The third-order valence-electron chi connectivity index (χ3n) is 6.24. The molecule has 2 heterocycles. The molecular formula is C24H28O5. The highest BCUT2D eigenvalue weighted by atomic mass is 16.8. The van der Waals surface area contributed by atoms with Crippen LogP contribution in [0.2, 0.25) is 0 Å². The molecule has 5 nitrogen and oxygen atoms in total. The van der Waals surface area contributed by atoms with E-state index in [1.165, 1.54) is 5.56 Å². The molecule has 1 aliphatic carbocycles. The molecule has 1 saturated carbocycles. The Kier molecular flexibility index (Phi) is 5.41. The molecule has 0 spiro atoms. The number of fused-ring (bicyclic) bond motifs is 1. The third kappa shape index (κ3) is 3.86. The monoisotopic (exact) mass is 396 g/mol. The molecule has 0 aromatic heterocycles. The van der Waals surface area contributed by atoms with Crippen LogP contribution in [0, 0.1) is 5.92 Å². The van der Waals surface area contributed by atoms with Crippen molar-refractivity contribution >= 4 is 0 Å². The van der Waals surface area contributed by atoms with Crippen LogP contribution in [0.25, 0.3) is 0 Å². The van der Waals surface area contributed by atoms with Crippen molar-refractivity contribution in [2.24, 2.45) is 5.92 Å². The van der Waals surface area contributed by atoms with Crippen molar-refractivity contribution in [1.29, 1.82) is 0 Å². The van der Waals surface area contributed by atoms with Crippen molar-refractivity contribution in [3.63, 3.8) is 0 Å². The van der Waals surface area contributed by atoms with E-state index in [4.69, 9.17) is 23.7 Å². The van der Waals surface area contributed by atoms with E-state index in [9.17, 15) is 0 Å². The Morgan fingerprint density at radius 3 is 2.31 bits per heavy atom. The Morgan fingerprint density at radius 1 is 0.897 bits per heavy atom. The first-order valence-corrected chi connectivity index (χ1v) is 10.4. The molecule has 8 atom stereocenters. The Morgan fingerprint density at radius 2 is 1.59 bits per heavy atom. The fourth-order valence-corrected chi connectivity index (χ4v) is 4.60. The van der Waals surface area contributed by atoms with Gasteiger partial charge in [0.2, 0.25) is 0 Å². The lowest BCUT2D eigenvalue weighted by molar-refractivity contribution is -0.270. The Hall–Kier alpha value is -1.76. The first kappa shape index (κ1) is 19.2. The second-order valence-corrected chi connectivity index (χ2v) is 8.19. The maximum atomic E-state index is 6.44. The standard InChI is InChI=1S/C24H28O5/c1-15-20(26-14-16-9-5-3-6-10-16)21-22(24(25-2)27-15)29-23(28-21)19-13-18(19)17-11-7-4-8-12-17/h3-12,15,18-24H,13-14H2,1-2H3/t15-,18+,19-,20-,21+,22+,23+,24+/m0/s1. The Labute approximate surface area is 171 Å². The normalized spacial score (nSPS) is 38.6. The van der Waals surface area contributed by atoms with Crippen LogP contribution in [0.15, 0.2) is 60.7 Å². The van der Waals surface area contributed by atoms with Gasteiger partial charge >= 0.3 is 0 Å². The van der Waals surface area contributed by atoms with Gasteiger partial charge in [-0.15, -0.1) is 0 Å². The lowest BCUT2D eigenvalue weighted by atomic mass is 9.99. The maximum Gasteiger partial charge on any atom is 0.186 e. The average Bonchev–Trinajstić information content (AvgIpc) is 3.45. The summed E-state index contributed by atoms with van der Waals surface area (Å²) in [5.74, 6) is 0.856. The van der Waals surface area contributed by atoms with Crippen LogP contribution in [0.3, 0.4) is 0 Å². The Balaban J connectivity index is 1.28. The van der Waals surface area contributed by atoms with Crippen molar-refractivity contribution in [3.05, 3.63) is 71.8 Å². The molecule has 3 aliphatic rings. The number of rotatable bonds is 6. The molecule has 29 heavy (non-hydrogen) atoms. The van der Waals surface area contributed by atoms with E-state index in [1.54, 1.807) is 7.11 Å². The van der Waals surface area contributed by atoms with Crippen molar-refractivity contribution in [3.8, 4) is 0 Å². The molecule has 2 aromatic carbocycles. The molecule has 2 aromatic rings. The number of benzene rings is 2. The van der Waals surface area contributed by atoms with Crippen molar-refractivity contribution in [1.82, 2.24) is 0 Å². The largest absolute Gasteiger partial charge is 0.368 e. The topological polar surface area (TPSA) is 46.2 Å². The summed E-state index contributed by atoms with van der Waals surface area (Å²) < 4.78 is 30.6. The molecule has 0 bridgehead atoms. The molecule has 154 valence electrons. The lowest BCUT2D eigenvalue weighted by Crippen LogP contribution is -2.56. The fourth-order valence-electron chi connectivity index (χ4n) is 4.60. The summed E-state index contributed by atoms with van der Waals surface area (Å²) in [6.45, 7) is 2.53.